The lowest BCUT2D eigenvalue weighted by molar-refractivity contribution is -0.142. The van der Waals surface area contributed by atoms with Crippen molar-refractivity contribution in [1.82, 2.24) is 29.7 Å². The van der Waals surface area contributed by atoms with Crippen LogP contribution in [0.25, 0.3) is 16.2 Å². The van der Waals surface area contributed by atoms with Gasteiger partial charge in [0.25, 0.3) is 5.91 Å². The second-order valence-corrected chi connectivity index (χ2v) is 8.84. The molecule has 0 radical (unpaired) electrons. The molecule has 1 unspecified atom stereocenters. The van der Waals surface area contributed by atoms with Crippen LogP contribution in [0.15, 0.2) is 30.5 Å². The van der Waals surface area contributed by atoms with Crippen molar-refractivity contribution in [3.63, 3.8) is 0 Å². The van der Waals surface area contributed by atoms with Gasteiger partial charge in [0.2, 0.25) is 0 Å². The van der Waals surface area contributed by atoms with Crippen LogP contribution in [-0.4, -0.2) is 30.3 Å². The first-order chi connectivity index (χ1) is 15.1. The zero-order chi connectivity index (χ0) is 23.2. The minimum atomic E-state index is -4.70. The first-order valence-electron chi connectivity index (χ1n) is 9.65. The number of thiophene rings is 1. The van der Waals surface area contributed by atoms with Gasteiger partial charge in [-0.3, -0.25) is 9.48 Å². The highest BCUT2D eigenvalue weighted by atomic mass is 35.5. The van der Waals surface area contributed by atoms with Crippen molar-refractivity contribution < 1.29 is 18.0 Å². The molecule has 1 atom stereocenters. The molecule has 12 heteroatoms. The average molecular weight is 483 g/mol. The van der Waals surface area contributed by atoms with Crippen molar-refractivity contribution >= 4 is 34.5 Å². The van der Waals surface area contributed by atoms with Crippen LogP contribution >= 0.6 is 22.9 Å². The van der Waals surface area contributed by atoms with E-state index in [0.717, 1.165) is 28.7 Å². The van der Waals surface area contributed by atoms with Gasteiger partial charge < -0.3 is 5.32 Å². The molecule has 4 aromatic heterocycles. The van der Waals surface area contributed by atoms with Crippen molar-refractivity contribution in [1.29, 1.82) is 0 Å². The van der Waals surface area contributed by atoms with Crippen LogP contribution in [0, 0.1) is 6.92 Å². The number of fused-ring (bicyclic) bond motifs is 1. The fourth-order valence-corrected chi connectivity index (χ4v) is 4.42. The molecule has 7 nitrogen and oxygen atoms in total. The van der Waals surface area contributed by atoms with Crippen LogP contribution in [0.2, 0.25) is 4.34 Å². The van der Waals surface area contributed by atoms with Gasteiger partial charge in [0.05, 0.1) is 27.1 Å². The molecule has 0 aliphatic carbocycles. The molecule has 0 saturated heterocycles. The van der Waals surface area contributed by atoms with Gasteiger partial charge in [-0.25, -0.2) is 9.50 Å². The smallest absolute Gasteiger partial charge is 0.344 e. The first-order valence-corrected chi connectivity index (χ1v) is 10.8. The van der Waals surface area contributed by atoms with E-state index >= 15 is 0 Å². The summed E-state index contributed by atoms with van der Waals surface area (Å²) in [4.78, 5) is 17.5. The summed E-state index contributed by atoms with van der Waals surface area (Å²) in [7, 11) is 0. The number of carbonyl (C=O) groups excluding carboxylic acids is 1. The van der Waals surface area contributed by atoms with Gasteiger partial charge in [-0.1, -0.05) is 11.6 Å². The number of alkyl halides is 3. The van der Waals surface area contributed by atoms with E-state index in [4.69, 9.17) is 11.6 Å². The Morgan fingerprint density at radius 1 is 1.31 bits per heavy atom. The van der Waals surface area contributed by atoms with Crippen molar-refractivity contribution in [3.05, 3.63) is 57.4 Å². The van der Waals surface area contributed by atoms with Gasteiger partial charge in [-0.05, 0) is 39.0 Å². The molecule has 4 rings (SSSR count). The molecule has 0 spiro atoms. The summed E-state index contributed by atoms with van der Waals surface area (Å²) in [6.07, 6.45) is -3.04. The van der Waals surface area contributed by atoms with E-state index in [-0.39, 0.29) is 17.0 Å². The highest BCUT2D eigenvalue weighted by molar-refractivity contribution is 7.19. The van der Waals surface area contributed by atoms with E-state index in [1.165, 1.54) is 6.07 Å². The van der Waals surface area contributed by atoms with Crippen molar-refractivity contribution in [2.24, 2.45) is 0 Å². The van der Waals surface area contributed by atoms with E-state index in [0.29, 0.717) is 20.3 Å². The highest BCUT2D eigenvalue weighted by Crippen LogP contribution is 2.35. The van der Waals surface area contributed by atoms with E-state index in [1.54, 1.807) is 29.9 Å². The van der Waals surface area contributed by atoms with Gasteiger partial charge in [-0.2, -0.15) is 23.4 Å². The Hall–Kier alpha value is -2.92. The number of nitrogens with one attached hydrogen (secondary N) is 1. The minimum absolute atomic E-state index is 0.0906. The number of aryl methyl sites for hydroxylation is 1. The Morgan fingerprint density at radius 3 is 2.66 bits per heavy atom. The molecule has 1 amide bonds. The lowest BCUT2D eigenvalue weighted by atomic mass is 10.1. The maximum absolute atomic E-state index is 13.7. The summed E-state index contributed by atoms with van der Waals surface area (Å²) >= 11 is 7.03. The molecule has 4 aromatic rings. The Bertz CT molecular complexity index is 1310. The van der Waals surface area contributed by atoms with Crippen LogP contribution in [0.1, 0.15) is 47.3 Å². The van der Waals surface area contributed by atoms with Crippen LogP contribution < -0.4 is 5.32 Å². The lowest BCUT2D eigenvalue weighted by Gasteiger charge is -2.13. The Balaban J connectivity index is 1.70. The molecule has 168 valence electrons. The number of carbonyl (C=O) groups is 1. The number of amides is 1. The van der Waals surface area contributed by atoms with Gasteiger partial charge in [0, 0.05) is 23.9 Å². The Labute approximate surface area is 189 Å². The molecule has 0 aromatic carbocycles. The topological polar surface area (TPSA) is 77.1 Å². The van der Waals surface area contributed by atoms with Crippen molar-refractivity contribution in [3.8, 4) is 10.6 Å². The standard InChI is InChI=1S/C20H18ClF3N6OS/c1-4-29-11(3)12(9-25-29)10(2)26-19(31)14-8-18-27-13(15-5-6-17(21)32-15)7-16(20(22,23)24)30(18)28-14/h5-10H,4H2,1-3H3,(H,26,31). The third kappa shape index (κ3) is 4.09. The van der Waals surface area contributed by atoms with Gasteiger partial charge in [0.15, 0.2) is 17.0 Å². The molecule has 0 aliphatic rings. The number of hydrogen-bond donors (Lipinski definition) is 1. The highest BCUT2D eigenvalue weighted by Gasteiger charge is 2.36. The maximum Gasteiger partial charge on any atom is 0.433 e. The van der Waals surface area contributed by atoms with Crippen molar-refractivity contribution in [2.75, 3.05) is 0 Å². The van der Waals surface area contributed by atoms with Crippen LogP contribution in [-0.2, 0) is 12.7 Å². The zero-order valence-corrected chi connectivity index (χ0v) is 18.8. The molecular formula is C20H18ClF3N6OS. The third-order valence-corrected chi connectivity index (χ3v) is 6.28. The summed E-state index contributed by atoms with van der Waals surface area (Å²) < 4.78 is 44.0. The summed E-state index contributed by atoms with van der Waals surface area (Å²) in [5.41, 5.74) is 0.521. The van der Waals surface area contributed by atoms with E-state index in [1.807, 2.05) is 13.8 Å². The van der Waals surface area contributed by atoms with E-state index in [2.05, 4.69) is 20.5 Å². The molecule has 1 N–H and O–H groups in total. The fraction of sp³-hybridized carbons (Fsp3) is 0.300. The monoisotopic (exact) mass is 482 g/mol. The quantitative estimate of drug-likeness (QED) is 0.427. The number of halogens is 4. The van der Waals surface area contributed by atoms with Gasteiger partial charge in [0.1, 0.15) is 0 Å². The molecule has 4 heterocycles. The van der Waals surface area contributed by atoms with E-state index < -0.39 is 23.8 Å². The first kappa shape index (κ1) is 22.3. The van der Waals surface area contributed by atoms with Crippen LogP contribution in [0.5, 0.6) is 0 Å². The normalized spacial score (nSPS) is 13.0. The molecule has 0 saturated carbocycles. The fourth-order valence-electron chi connectivity index (χ4n) is 3.42. The molecule has 0 fully saturated rings. The predicted octanol–water partition coefficient (Wildman–Crippen LogP) is 5.15. The number of nitrogens with zero attached hydrogens (tertiary/aromatic N) is 5. The van der Waals surface area contributed by atoms with Gasteiger partial charge >= 0.3 is 6.18 Å². The summed E-state index contributed by atoms with van der Waals surface area (Å²) in [6, 6.07) is 4.90. The summed E-state index contributed by atoms with van der Waals surface area (Å²) in [5, 5.41) is 10.9. The van der Waals surface area contributed by atoms with E-state index in [9.17, 15) is 18.0 Å². The maximum atomic E-state index is 13.7. The molecular weight excluding hydrogens is 465 g/mol. The largest absolute Gasteiger partial charge is 0.433 e. The van der Waals surface area contributed by atoms with Crippen LogP contribution in [0.4, 0.5) is 13.2 Å². The van der Waals surface area contributed by atoms with Gasteiger partial charge in [-0.15, -0.1) is 11.3 Å². The molecule has 0 bridgehead atoms. The number of aromatic nitrogens is 5. The molecule has 32 heavy (non-hydrogen) atoms. The SMILES string of the molecule is CCn1ncc(C(C)NC(=O)c2cc3nc(-c4ccc(Cl)s4)cc(C(F)(F)F)n3n2)c1C. The number of hydrogen-bond acceptors (Lipinski definition) is 5. The second-order valence-electron chi connectivity index (χ2n) is 7.12. The number of rotatable bonds is 5. The predicted molar refractivity (Wildman–Crippen MR) is 115 cm³/mol. The second kappa shape index (κ2) is 8.21. The summed E-state index contributed by atoms with van der Waals surface area (Å²) in [6.45, 7) is 6.29. The minimum Gasteiger partial charge on any atom is -0.344 e. The molecule has 0 aliphatic heterocycles. The Morgan fingerprint density at radius 2 is 2.06 bits per heavy atom. The lowest BCUT2D eigenvalue weighted by Crippen LogP contribution is -2.27. The van der Waals surface area contributed by atoms with Crippen LogP contribution in [0.3, 0.4) is 0 Å². The van der Waals surface area contributed by atoms with Crippen molar-refractivity contribution in [2.45, 2.75) is 39.5 Å². The Kier molecular flexibility index (Phi) is 5.72. The third-order valence-electron chi connectivity index (χ3n) is 5.03. The zero-order valence-electron chi connectivity index (χ0n) is 17.2. The average Bonchev–Trinajstić information content (AvgIpc) is 3.43. The summed E-state index contributed by atoms with van der Waals surface area (Å²) in [5.74, 6) is -0.611.